The number of benzene rings is 1. The van der Waals surface area contributed by atoms with Crippen LogP contribution in [0.15, 0.2) is 18.2 Å². The molecule has 1 aromatic rings. The number of carbonyl (C=O) groups is 1. The van der Waals surface area contributed by atoms with E-state index in [9.17, 15) is 13.2 Å². The van der Waals surface area contributed by atoms with Gasteiger partial charge in [-0.25, -0.2) is 4.79 Å². The molecule has 0 aromatic heterocycles. The number of nitrogens with two attached hydrogens (primary N) is 1. The third-order valence-corrected chi connectivity index (χ3v) is 3.30. The molecular formula is C9H12ClN3O4S. The van der Waals surface area contributed by atoms with E-state index in [1.54, 1.807) is 0 Å². The van der Waals surface area contributed by atoms with Gasteiger partial charge < -0.3 is 10.8 Å². The van der Waals surface area contributed by atoms with Crippen LogP contribution in [0.4, 0.5) is 5.69 Å². The van der Waals surface area contributed by atoms with E-state index >= 15 is 0 Å². The van der Waals surface area contributed by atoms with E-state index in [2.05, 4.69) is 9.44 Å². The fourth-order valence-electron chi connectivity index (χ4n) is 1.14. The van der Waals surface area contributed by atoms with Crippen molar-refractivity contribution < 1.29 is 18.3 Å². The second-order valence-corrected chi connectivity index (χ2v) is 5.20. The lowest BCUT2D eigenvalue weighted by Gasteiger charge is -2.09. The third-order valence-electron chi connectivity index (χ3n) is 1.89. The van der Waals surface area contributed by atoms with Gasteiger partial charge in [0.05, 0.1) is 16.3 Å². The minimum atomic E-state index is -3.77. The number of nitrogens with one attached hydrogen (secondary N) is 2. The first-order chi connectivity index (χ1) is 8.35. The Kier molecular flexibility index (Phi) is 4.91. The van der Waals surface area contributed by atoms with Crippen molar-refractivity contribution in [3.63, 3.8) is 0 Å². The fraction of sp³-hybridized carbons (Fsp3) is 0.222. The van der Waals surface area contributed by atoms with Crippen LogP contribution < -0.4 is 15.2 Å². The van der Waals surface area contributed by atoms with Crippen LogP contribution in [-0.4, -0.2) is 32.6 Å². The average molecular weight is 294 g/mol. The molecule has 0 unspecified atom stereocenters. The van der Waals surface area contributed by atoms with E-state index in [4.69, 9.17) is 22.4 Å². The van der Waals surface area contributed by atoms with Crippen LogP contribution >= 0.6 is 11.6 Å². The molecule has 0 aliphatic rings. The summed E-state index contributed by atoms with van der Waals surface area (Å²) in [6, 6.07) is 3.79. The summed E-state index contributed by atoms with van der Waals surface area (Å²) in [6.45, 7) is 0.233. The Morgan fingerprint density at radius 1 is 1.44 bits per heavy atom. The van der Waals surface area contributed by atoms with E-state index in [0.717, 1.165) is 6.07 Å². The van der Waals surface area contributed by atoms with Crippen LogP contribution in [0.3, 0.4) is 0 Å². The first-order valence-corrected chi connectivity index (χ1v) is 6.72. The smallest absolute Gasteiger partial charge is 0.337 e. The molecule has 1 rings (SSSR count). The number of halogens is 1. The Hall–Kier alpha value is -1.35. The summed E-state index contributed by atoms with van der Waals surface area (Å²) in [5, 5.41) is 8.86. The molecule has 0 saturated heterocycles. The summed E-state index contributed by atoms with van der Waals surface area (Å²) >= 11 is 5.66. The Bertz CT molecular complexity index is 547. The minimum Gasteiger partial charge on any atom is -0.478 e. The highest BCUT2D eigenvalue weighted by molar-refractivity contribution is 7.90. The zero-order valence-electron chi connectivity index (χ0n) is 9.18. The highest BCUT2D eigenvalue weighted by Gasteiger charge is 2.13. The molecule has 0 spiro atoms. The first kappa shape index (κ1) is 14.7. The van der Waals surface area contributed by atoms with E-state index in [0.29, 0.717) is 0 Å². The van der Waals surface area contributed by atoms with Gasteiger partial charge in [-0.15, -0.1) is 0 Å². The number of carboxylic acid groups (broad SMARTS) is 1. The van der Waals surface area contributed by atoms with Gasteiger partial charge in [0.15, 0.2) is 0 Å². The van der Waals surface area contributed by atoms with Gasteiger partial charge in [-0.3, -0.25) is 4.72 Å². The van der Waals surface area contributed by atoms with Crippen LogP contribution in [0, 0.1) is 0 Å². The van der Waals surface area contributed by atoms with Crippen molar-refractivity contribution in [1.29, 1.82) is 0 Å². The second kappa shape index (κ2) is 6.01. The minimum absolute atomic E-state index is 0.0281. The summed E-state index contributed by atoms with van der Waals surface area (Å²) in [6.07, 6.45) is 0. The van der Waals surface area contributed by atoms with Crippen LogP contribution in [0.5, 0.6) is 0 Å². The molecular weight excluding hydrogens is 282 g/mol. The second-order valence-electron chi connectivity index (χ2n) is 3.29. The number of hydrogen-bond acceptors (Lipinski definition) is 4. The highest BCUT2D eigenvalue weighted by Crippen LogP contribution is 2.21. The van der Waals surface area contributed by atoms with Gasteiger partial charge in [0.1, 0.15) is 0 Å². The maximum atomic E-state index is 11.5. The van der Waals surface area contributed by atoms with Gasteiger partial charge in [0.25, 0.3) is 10.2 Å². The van der Waals surface area contributed by atoms with Crippen molar-refractivity contribution in [2.24, 2.45) is 5.73 Å². The Labute approximate surface area is 109 Å². The largest absolute Gasteiger partial charge is 0.478 e. The van der Waals surface area contributed by atoms with Crippen molar-refractivity contribution in [3.05, 3.63) is 28.8 Å². The molecule has 5 N–H and O–H groups in total. The van der Waals surface area contributed by atoms with Crippen LogP contribution in [-0.2, 0) is 10.2 Å². The van der Waals surface area contributed by atoms with Gasteiger partial charge in [0.2, 0.25) is 0 Å². The Balaban J connectivity index is 2.92. The number of anilines is 1. The first-order valence-electron chi connectivity index (χ1n) is 4.86. The van der Waals surface area contributed by atoms with E-state index in [1.165, 1.54) is 12.1 Å². The predicted octanol–water partition coefficient (Wildman–Crippen LogP) is 0.243. The molecule has 9 heteroatoms. The lowest BCUT2D eigenvalue weighted by atomic mass is 10.2. The van der Waals surface area contributed by atoms with E-state index in [1.807, 2.05) is 0 Å². The topological polar surface area (TPSA) is 122 Å². The SMILES string of the molecule is NCCNS(=O)(=O)Nc1ccc(Cl)c(C(=O)O)c1. The summed E-state index contributed by atoms with van der Waals surface area (Å²) in [7, 11) is -3.77. The van der Waals surface area contributed by atoms with Crippen LogP contribution in [0.1, 0.15) is 10.4 Å². The molecule has 0 aliphatic heterocycles. The van der Waals surface area contributed by atoms with Gasteiger partial charge in [0, 0.05) is 13.1 Å². The van der Waals surface area contributed by atoms with Crippen molar-refractivity contribution in [1.82, 2.24) is 4.72 Å². The number of rotatable bonds is 6. The molecule has 100 valence electrons. The van der Waals surface area contributed by atoms with Crippen molar-refractivity contribution in [2.75, 3.05) is 17.8 Å². The van der Waals surface area contributed by atoms with Gasteiger partial charge in [-0.1, -0.05) is 11.6 Å². The number of hydrogen-bond donors (Lipinski definition) is 4. The van der Waals surface area contributed by atoms with Gasteiger partial charge in [-0.2, -0.15) is 13.1 Å². The summed E-state index contributed by atoms with van der Waals surface area (Å²) in [5.74, 6) is -1.24. The van der Waals surface area contributed by atoms with Crippen molar-refractivity contribution in [2.45, 2.75) is 0 Å². The predicted molar refractivity (Wildman–Crippen MR) is 68.0 cm³/mol. The molecule has 0 heterocycles. The maximum absolute atomic E-state index is 11.5. The zero-order chi connectivity index (χ0) is 13.8. The lowest BCUT2D eigenvalue weighted by Crippen LogP contribution is -2.33. The molecule has 0 aliphatic carbocycles. The van der Waals surface area contributed by atoms with E-state index in [-0.39, 0.29) is 29.4 Å². The number of carboxylic acids is 1. The van der Waals surface area contributed by atoms with Crippen LogP contribution in [0.25, 0.3) is 0 Å². The van der Waals surface area contributed by atoms with Crippen molar-refractivity contribution >= 4 is 33.5 Å². The number of aromatic carboxylic acids is 1. The van der Waals surface area contributed by atoms with Gasteiger partial charge in [-0.05, 0) is 18.2 Å². The molecule has 0 atom stereocenters. The molecule has 0 saturated carbocycles. The lowest BCUT2D eigenvalue weighted by molar-refractivity contribution is 0.0697. The Morgan fingerprint density at radius 3 is 2.67 bits per heavy atom. The molecule has 0 amide bonds. The average Bonchev–Trinajstić information content (AvgIpc) is 2.28. The van der Waals surface area contributed by atoms with E-state index < -0.39 is 16.2 Å². The van der Waals surface area contributed by atoms with Gasteiger partial charge >= 0.3 is 5.97 Å². The summed E-state index contributed by atoms with van der Waals surface area (Å²) in [5.41, 5.74) is 5.08. The third kappa shape index (κ3) is 4.15. The molecule has 7 nitrogen and oxygen atoms in total. The highest BCUT2D eigenvalue weighted by atomic mass is 35.5. The standard InChI is InChI=1S/C9H12ClN3O4S/c10-8-2-1-6(5-7(8)9(14)15)13-18(16,17)12-4-3-11/h1-2,5,12-13H,3-4,11H2,(H,14,15). The molecule has 1 aromatic carbocycles. The molecule has 0 fully saturated rings. The summed E-state index contributed by atoms with van der Waals surface area (Å²) in [4.78, 5) is 10.8. The monoisotopic (exact) mass is 293 g/mol. The zero-order valence-corrected chi connectivity index (χ0v) is 10.8. The van der Waals surface area contributed by atoms with Crippen molar-refractivity contribution in [3.8, 4) is 0 Å². The molecule has 0 radical (unpaired) electrons. The normalized spacial score (nSPS) is 11.2. The molecule has 0 bridgehead atoms. The Morgan fingerprint density at radius 2 is 2.11 bits per heavy atom. The van der Waals surface area contributed by atoms with Crippen LogP contribution in [0.2, 0.25) is 5.02 Å². The molecule has 18 heavy (non-hydrogen) atoms. The fourth-order valence-corrected chi connectivity index (χ4v) is 2.23. The maximum Gasteiger partial charge on any atom is 0.337 e. The summed E-state index contributed by atoms with van der Waals surface area (Å²) < 4.78 is 27.3. The quantitative estimate of drug-likeness (QED) is 0.599.